The van der Waals surface area contributed by atoms with Crippen LogP contribution in [-0.4, -0.2) is 28.9 Å². The van der Waals surface area contributed by atoms with Gasteiger partial charge in [0.05, 0.1) is 11.3 Å². The molecule has 2 atom stereocenters. The minimum absolute atomic E-state index is 0.106. The van der Waals surface area contributed by atoms with Crippen LogP contribution in [0.1, 0.15) is 50.7 Å². The molecule has 0 spiro atoms. The molecule has 2 heterocycles. The summed E-state index contributed by atoms with van der Waals surface area (Å²) < 4.78 is 0. The lowest BCUT2D eigenvalue weighted by molar-refractivity contribution is 0.0757. The monoisotopic (exact) mass is 336 g/mol. The molecule has 2 fully saturated rings. The van der Waals surface area contributed by atoms with Crippen LogP contribution in [0.5, 0.6) is 0 Å². The third-order valence-electron chi connectivity index (χ3n) is 5.56. The van der Waals surface area contributed by atoms with Gasteiger partial charge in [0.25, 0.3) is 5.91 Å². The second kappa shape index (κ2) is 6.29. The SMILES string of the molecule is C=C(C)C=C(C=C(C)C)c1ccc(C(=O)N2CC3C(C2)C3(C)C)cn1. The summed E-state index contributed by atoms with van der Waals surface area (Å²) in [5.74, 6) is 1.45. The summed E-state index contributed by atoms with van der Waals surface area (Å²) in [6.45, 7) is 16.4. The number of rotatable bonds is 4. The minimum atomic E-state index is 0.106. The molecule has 0 bridgehead atoms. The number of piperidine rings is 1. The molecular weight excluding hydrogens is 308 g/mol. The van der Waals surface area contributed by atoms with Crippen LogP contribution in [0.2, 0.25) is 0 Å². The zero-order chi connectivity index (χ0) is 18.4. The van der Waals surface area contributed by atoms with Gasteiger partial charge < -0.3 is 4.90 Å². The van der Waals surface area contributed by atoms with Gasteiger partial charge >= 0.3 is 0 Å². The number of nitrogens with zero attached hydrogens (tertiary/aromatic N) is 2. The molecule has 25 heavy (non-hydrogen) atoms. The molecule has 1 aliphatic carbocycles. The Kier molecular flexibility index (Phi) is 4.44. The van der Waals surface area contributed by atoms with Crippen molar-refractivity contribution in [2.75, 3.05) is 13.1 Å². The van der Waals surface area contributed by atoms with Gasteiger partial charge in [-0.25, -0.2) is 0 Å². The van der Waals surface area contributed by atoms with E-state index < -0.39 is 0 Å². The number of carbonyl (C=O) groups excluding carboxylic acids is 1. The predicted molar refractivity (Wildman–Crippen MR) is 103 cm³/mol. The molecule has 1 saturated carbocycles. The number of likely N-dealkylation sites (tertiary alicyclic amines) is 1. The van der Waals surface area contributed by atoms with E-state index in [1.54, 1.807) is 6.20 Å². The van der Waals surface area contributed by atoms with Crippen molar-refractivity contribution in [2.45, 2.75) is 34.6 Å². The Bertz CT molecular complexity index is 750. The molecule has 1 aromatic rings. The van der Waals surface area contributed by atoms with Gasteiger partial charge in [-0.2, -0.15) is 0 Å². The number of aromatic nitrogens is 1. The predicted octanol–water partition coefficient (Wildman–Crippen LogP) is 4.74. The fraction of sp³-hybridized carbons (Fsp3) is 0.455. The van der Waals surface area contributed by atoms with Crippen molar-refractivity contribution in [1.29, 1.82) is 0 Å². The van der Waals surface area contributed by atoms with E-state index in [-0.39, 0.29) is 5.91 Å². The fourth-order valence-corrected chi connectivity index (χ4v) is 3.94. The highest BCUT2D eigenvalue weighted by molar-refractivity contribution is 5.94. The average molecular weight is 336 g/mol. The lowest BCUT2D eigenvalue weighted by atomic mass is 10.0. The molecule has 2 aliphatic rings. The molecule has 132 valence electrons. The third-order valence-corrected chi connectivity index (χ3v) is 5.56. The number of carbonyl (C=O) groups is 1. The molecule has 1 saturated heterocycles. The first-order valence-corrected chi connectivity index (χ1v) is 8.98. The topological polar surface area (TPSA) is 33.2 Å². The third kappa shape index (κ3) is 3.46. The Balaban J connectivity index is 1.75. The molecule has 0 radical (unpaired) electrons. The van der Waals surface area contributed by atoms with Gasteiger partial charge in [0.1, 0.15) is 0 Å². The van der Waals surface area contributed by atoms with Crippen molar-refractivity contribution in [2.24, 2.45) is 17.3 Å². The van der Waals surface area contributed by atoms with E-state index in [1.807, 2.05) is 30.0 Å². The number of pyridine rings is 1. The van der Waals surface area contributed by atoms with Crippen LogP contribution in [0.3, 0.4) is 0 Å². The second-order valence-electron chi connectivity index (χ2n) is 8.34. The molecule has 3 nitrogen and oxygen atoms in total. The second-order valence-corrected chi connectivity index (χ2v) is 8.34. The van der Waals surface area contributed by atoms with E-state index in [1.165, 1.54) is 5.57 Å². The van der Waals surface area contributed by atoms with E-state index in [2.05, 4.69) is 45.3 Å². The van der Waals surface area contributed by atoms with Crippen LogP contribution in [0, 0.1) is 17.3 Å². The van der Waals surface area contributed by atoms with E-state index >= 15 is 0 Å². The van der Waals surface area contributed by atoms with Crippen LogP contribution in [0.4, 0.5) is 0 Å². The molecule has 0 aromatic carbocycles. The maximum atomic E-state index is 12.7. The van der Waals surface area contributed by atoms with Crippen LogP contribution >= 0.6 is 0 Å². The van der Waals surface area contributed by atoms with Gasteiger partial charge in [-0.05, 0) is 50.2 Å². The van der Waals surface area contributed by atoms with Crippen LogP contribution in [0.15, 0.2) is 48.2 Å². The average Bonchev–Trinajstić information content (AvgIpc) is 2.90. The van der Waals surface area contributed by atoms with Crippen molar-refractivity contribution >= 4 is 11.5 Å². The summed E-state index contributed by atoms with van der Waals surface area (Å²) in [7, 11) is 0. The van der Waals surface area contributed by atoms with Gasteiger partial charge in [-0.3, -0.25) is 9.78 Å². The fourth-order valence-electron chi connectivity index (χ4n) is 3.94. The molecule has 3 rings (SSSR count). The lowest BCUT2D eigenvalue weighted by Gasteiger charge is -2.22. The zero-order valence-electron chi connectivity index (χ0n) is 16.0. The number of amides is 1. The van der Waals surface area contributed by atoms with Crippen LogP contribution in [-0.2, 0) is 0 Å². The highest BCUT2D eigenvalue weighted by Gasteiger charge is 2.62. The van der Waals surface area contributed by atoms with E-state index in [0.717, 1.165) is 29.9 Å². The Morgan fingerprint density at radius 1 is 1.20 bits per heavy atom. The Morgan fingerprint density at radius 3 is 2.32 bits per heavy atom. The van der Waals surface area contributed by atoms with Crippen LogP contribution < -0.4 is 0 Å². The van der Waals surface area contributed by atoms with Crippen molar-refractivity contribution < 1.29 is 4.79 Å². The standard InChI is InChI=1S/C22H28N2O/c1-14(2)9-17(10-15(3)4)20-8-7-16(11-23-20)21(25)24-12-18-19(13-24)22(18,5)6/h7-11,18-19H,1,12-13H2,2-6H3. The quantitative estimate of drug-likeness (QED) is 0.744. The molecule has 3 heteroatoms. The molecule has 0 N–H and O–H groups in total. The first kappa shape index (κ1) is 17.7. The summed E-state index contributed by atoms with van der Waals surface area (Å²) in [6, 6.07) is 3.83. The van der Waals surface area contributed by atoms with E-state index in [0.29, 0.717) is 22.8 Å². The van der Waals surface area contributed by atoms with Gasteiger partial charge in [0.15, 0.2) is 0 Å². The van der Waals surface area contributed by atoms with Gasteiger partial charge in [0.2, 0.25) is 0 Å². The number of allylic oxidation sites excluding steroid dienone is 5. The van der Waals surface area contributed by atoms with Crippen LogP contribution in [0.25, 0.3) is 5.57 Å². The minimum Gasteiger partial charge on any atom is -0.338 e. The van der Waals surface area contributed by atoms with Crippen molar-refractivity contribution in [1.82, 2.24) is 9.88 Å². The molecule has 1 amide bonds. The van der Waals surface area contributed by atoms with Crippen molar-refractivity contribution in [3.05, 3.63) is 59.5 Å². The van der Waals surface area contributed by atoms with Gasteiger partial charge in [0, 0.05) is 24.9 Å². The zero-order valence-corrected chi connectivity index (χ0v) is 16.0. The largest absolute Gasteiger partial charge is 0.338 e. The number of fused-ring (bicyclic) bond motifs is 1. The first-order chi connectivity index (χ1) is 11.7. The summed E-state index contributed by atoms with van der Waals surface area (Å²) in [5.41, 5.74) is 5.17. The Hall–Kier alpha value is -2.16. The Morgan fingerprint density at radius 2 is 1.84 bits per heavy atom. The highest BCUT2D eigenvalue weighted by Crippen LogP contribution is 2.62. The lowest BCUT2D eigenvalue weighted by Crippen LogP contribution is -2.32. The first-order valence-electron chi connectivity index (χ1n) is 8.98. The van der Waals surface area contributed by atoms with Gasteiger partial charge in [-0.15, -0.1) is 0 Å². The smallest absolute Gasteiger partial charge is 0.255 e. The Labute approximate surface area is 151 Å². The molecule has 2 unspecified atom stereocenters. The van der Waals surface area contributed by atoms with Crippen molar-refractivity contribution in [3.8, 4) is 0 Å². The summed E-state index contributed by atoms with van der Waals surface area (Å²) >= 11 is 0. The van der Waals surface area contributed by atoms with E-state index in [9.17, 15) is 4.79 Å². The number of hydrogen-bond acceptors (Lipinski definition) is 2. The maximum absolute atomic E-state index is 12.7. The molecule has 1 aromatic heterocycles. The van der Waals surface area contributed by atoms with Crippen molar-refractivity contribution in [3.63, 3.8) is 0 Å². The number of hydrogen-bond donors (Lipinski definition) is 0. The summed E-state index contributed by atoms with van der Waals surface area (Å²) in [6.07, 6.45) is 5.82. The summed E-state index contributed by atoms with van der Waals surface area (Å²) in [4.78, 5) is 19.2. The maximum Gasteiger partial charge on any atom is 0.255 e. The normalized spacial score (nSPS) is 23.9. The van der Waals surface area contributed by atoms with Gasteiger partial charge in [-0.1, -0.05) is 43.7 Å². The highest BCUT2D eigenvalue weighted by atomic mass is 16.2. The summed E-state index contributed by atoms with van der Waals surface area (Å²) in [5, 5.41) is 0. The molecule has 1 aliphatic heterocycles. The van der Waals surface area contributed by atoms with E-state index in [4.69, 9.17) is 0 Å². The molecular formula is C22H28N2O.